The first-order chi connectivity index (χ1) is 10.7. The third-order valence-electron chi connectivity index (χ3n) is 3.31. The zero-order valence-electron chi connectivity index (χ0n) is 12.2. The van der Waals surface area contributed by atoms with Gasteiger partial charge in [0.15, 0.2) is 0 Å². The number of rotatable bonds is 6. The summed E-state index contributed by atoms with van der Waals surface area (Å²) in [7, 11) is 0. The van der Waals surface area contributed by atoms with Gasteiger partial charge in [0.1, 0.15) is 11.3 Å². The summed E-state index contributed by atoms with van der Waals surface area (Å²) in [4.78, 5) is 13.3. The van der Waals surface area contributed by atoms with Crippen LogP contribution in [0.4, 0.5) is 0 Å². The van der Waals surface area contributed by atoms with Gasteiger partial charge in [-0.25, -0.2) is 0 Å². The lowest BCUT2D eigenvalue weighted by Crippen LogP contribution is -2.27. The number of amides is 1. The Labute approximate surface area is 137 Å². The van der Waals surface area contributed by atoms with Gasteiger partial charge < -0.3 is 9.73 Å². The SMILES string of the molecule is C[C@@H](NC(=O)CSCc1cccs1)c1cc2ccccc2o1. The molecule has 5 heteroatoms. The molecule has 1 amide bonds. The quantitative estimate of drug-likeness (QED) is 0.717. The van der Waals surface area contributed by atoms with Crippen LogP contribution in [0, 0.1) is 0 Å². The molecule has 22 heavy (non-hydrogen) atoms. The van der Waals surface area contributed by atoms with Gasteiger partial charge in [-0.3, -0.25) is 4.79 Å². The van der Waals surface area contributed by atoms with Gasteiger partial charge in [0.2, 0.25) is 5.91 Å². The standard InChI is InChI=1S/C17H17NO2S2/c1-12(16-9-13-5-2-3-7-15(13)20-16)18-17(19)11-21-10-14-6-4-8-22-14/h2-9,12H,10-11H2,1H3,(H,18,19)/t12-/m1/s1. The van der Waals surface area contributed by atoms with Crippen LogP contribution in [0.5, 0.6) is 0 Å². The van der Waals surface area contributed by atoms with E-state index in [1.165, 1.54) is 4.88 Å². The van der Waals surface area contributed by atoms with Crippen LogP contribution in [0.3, 0.4) is 0 Å². The zero-order chi connectivity index (χ0) is 15.4. The van der Waals surface area contributed by atoms with Crippen LogP contribution in [0.15, 0.2) is 52.3 Å². The fourth-order valence-corrected chi connectivity index (χ4v) is 3.89. The highest BCUT2D eigenvalue weighted by Crippen LogP contribution is 2.23. The Bertz CT molecular complexity index is 716. The highest BCUT2D eigenvalue weighted by atomic mass is 32.2. The monoisotopic (exact) mass is 331 g/mol. The molecule has 0 aliphatic rings. The minimum atomic E-state index is -0.123. The smallest absolute Gasteiger partial charge is 0.230 e. The molecule has 3 rings (SSSR count). The van der Waals surface area contributed by atoms with Gasteiger partial charge >= 0.3 is 0 Å². The molecule has 0 unspecified atom stereocenters. The number of benzene rings is 1. The number of thioether (sulfide) groups is 1. The Morgan fingerprint density at radius 1 is 1.32 bits per heavy atom. The van der Waals surface area contributed by atoms with Gasteiger partial charge in [-0.05, 0) is 30.5 Å². The van der Waals surface area contributed by atoms with Gasteiger partial charge in [0, 0.05) is 16.0 Å². The molecule has 2 aromatic heterocycles. The number of furan rings is 1. The molecule has 3 nitrogen and oxygen atoms in total. The summed E-state index contributed by atoms with van der Waals surface area (Å²) < 4.78 is 5.77. The van der Waals surface area contributed by atoms with Crippen molar-refractivity contribution in [1.29, 1.82) is 0 Å². The lowest BCUT2D eigenvalue weighted by Gasteiger charge is -2.10. The van der Waals surface area contributed by atoms with Crippen LogP contribution in [0.2, 0.25) is 0 Å². The van der Waals surface area contributed by atoms with E-state index in [0.717, 1.165) is 22.5 Å². The number of hydrogen-bond acceptors (Lipinski definition) is 4. The van der Waals surface area contributed by atoms with Gasteiger partial charge in [0.05, 0.1) is 11.8 Å². The summed E-state index contributed by atoms with van der Waals surface area (Å²) in [6, 6.07) is 13.8. The number of hydrogen-bond donors (Lipinski definition) is 1. The Kier molecular flexibility index (Phi) is 4.85. The van der Waals surface area contributed by atoms with E-state index in [1.54, 1.807) is 23.1 Å². The summed E-state index contributed by atoms with van der Waals surface area (Å²) in [5.41, 5.74) is 0.852. The number of para-hydroxylation sites is 1. The Balaban J connectivity index is 1.52. The number of carbonyl (C=O) groups excluding carboxylic acids is 1. The van der Waals surface area contributed by atoms with E-state index in [1.807, 2.05) is 43.3 Å². The number of fused-ring (bicyclic) bond motifs is 1. The predicted octanol–water partition coefficient (Wildman–Crippen LogP) is 4.60. The first kappa shape index (κ1) is 15.2. The lowest BCUT2D eigenvalue weighted by molar-refractivity contribution is -0.119. The first-order valence-electron chi connectivity index (χ1n) is 7.10. The van der Waals surface area contributed by atoms with Gasteiger partial charge in [0.25, 0.3) is 0 Å². The molecular weight excluding hydrogens is 314 g/mol. The second kappa shape index (κ2) is 7.03. The Hall–Kier alpha value is -1.72. The topological polar surface area (TPSA) is 42.2 Å². The molecule has 0 saturated carbocycles. The number of thiophene rings is 1. The highest BCUT2D eigenvalue weighted by Gasteiger charge is 2.14. The molecule has 114 valence electrons. The average Bonchev–Trinajstić information content (AvgIpc) is 3.16. The molecular formula is C17H17NO2S2. The molecule has 0 bridgehead atoms. The maximum absolute atomic E-state index is 12.0. The number of carbonyl (C=O) groups is 1. The maximum Gasteiger partial charge on any atom is 0.230 e. The fraction of sp³-hybridized carbons (Fsp3) is 0.235. The van der Waals surface area contributed by atoms with Crippen molar-refractivity contribution in [3.63, 3.8) is 0 Å². The molecule has 1 atom stereocenters. The largest absolute Gasteiger partial charge is 0.459 e. The molecule has 1 aromatic carbocycles. The van der Waals surface area contributed by atoms with Crippen molar-refractivity contribution < 1.29 is 9.21 Å². The molecule has 0 aliphatic carbocycles. The van der Waals surface area contributed by atoms with E-state index in [-0.39, 0.29) is 11.9 Å². The molecule has 0 radical (unpaired) electrons. The van der Waals surface area contributed by atoms with Crippen LogP contribution < -0.4 is 5.32 Å². The highest BCUT2D eigenvalue weighted by molar-refractivity contribution is 7.99. The lowest BCUT2D eigenvalue weighted by atomic mass is 10.2. The zero-order valence-corrected chi connectivity index (χ0v) is 13.9. The molecule has 0 saturated heterocycles. The molecule has 3 aromatic rings. The summed E-state index contributed by atoms with van der Waals surface area (Å²) >= 11 is 3.35. The third kappa shape index (κ3) is 3.72. The van der Waals surface area contributed by atoms with E-state index in [9.17, 15) is 4.79 Å². The van der Waals surface area contributed by atoms with Crippen molar-refractivity contribution in [3.05, 3.63) is 58.5 Å². The third-order valence-corrected chi connectivity index (χ3v) is 5.35. The van der Waals surface area contributed by atoms with Gasteiger partial charge in [-0.15, -0.1) is 23.1 Å². The van der Waals surface area contributed by atoms with Crippen molar-refractivity contribution in [1.82, 2.24) is 5.32 Å². The minimum Gasteiger partial charge on any atom is -0.459 e. The molecule has 0 spiro atoms. The van der Waals surface area contributed by atoms with Gasteiger partial charge in [-0.1, -0.05) is 24.3 Å². The normalized spacial score (nSPS) is 12.4. The van der Waals surface area contributed by atoms with Crippen LogP contribution in [-0.2, 0) is 10.5 Å². The van der Waals surface area contributed by atoms with Crippen LogP contribution in [0.25, 0.3) is 11.0 Å². The Morgan fingerprint density at radius 2 is 2.18 bits per heavy atom. The van der Waals surface area contributed by atoms with Crippen molar-refractivity contribution in [2.24, 2.45) is 0 Å². The fourth-order valence-electron chi connectivity index (χ4n) is 2.21. The first-order valence-corrected chi connectivity index (χ1v) is 9.14. The average molecular weight is 331 g/mol. The molecule has 0 fully saturated rings. The summed E-state index contributed by atoms with van der Waals surface area (Å²) in [5, 5.41) is 6.10. The van der Waals surface area contributed by atoms with Crippen molar-refractivity contribution in [3.8, 4) is 0 Å². The van der Waals surface area contributed by atoms with E-state index < -0.39 is 0 Å². The van der Waals surface area contributed by atoms with Crippen molar-refractivity contribution in [2.45, 2.75) is 18.7 Å². The second-order valence-electron chi connectivity index (χ2n) is 5.05. The molecule has 1 N–H and O–H groups in total. The van der Waals surface area contributed by atoms with E-state index >= 15 is 0 Å². The van der Waals surface area contributed by atoms with E-state index in [2.05, 4.69) is 16.8 Å². The maximum atomic E-state index is 12.0. The van der Waals surface area contributed by atoms with Crippen molar-refractivity contribution in [2.75, 3.05) is 5.75 Å². The van der Waals surface area contributed by atoms with Crippen molar-refractivity contribution >= 4 is 40.0 Å². The van der Waals surface area contributed by atoms with Crippen LogP contribution >= 0.6 is 23.1 Å². The summed E-state index contributed by atoms with van der Waals surface area (Å²) in [5.74, 6) is 2.17. The summed E-state index contributed by atoms with van der Waals surface area (Å²) in [6.45, 7) is 1.94. The van der Waals surface area contributed by atoms with Crippen LogP contribution in [0.1, 0.15) is 23.6 Å². The predicted molar refractivity (Wildman–Crippen MR) is 93.3 cm³/mol. The van der Waals surface area contributed by atoms with E-state index in [0.29, 0.717) is 5.75 Å². The van der Waals surface area contributed by atoms with Gasteiger partial charge in [-0.2, -0.15) is 0 Å². The number of nitrogens with one attached hydrogen (secondary N) is 1. The minimum absolute atomic E-state index is 0.0366. The molecule has 0 aliphatic heterocycles. The molecule has 2 heterocycles. The second-order valence-corrected chi connectivity index (χ2v) is 7.07. The van der Waals surface area contributed by atoms with Crippen LogP contribution in [-0.4, -0.2) is 11.7 Å². The summed E-state index contributed by atoms with van der Waals surface area (Å²) in [6.07, 6.45) is 0. The van der Waals surface area contributed by atoms with E-state index in [4.69, 9.17) is 4.42 Å². The Morgan fingerprint density at radius 3 is 2.95 bits per heavy atom.